The fourth-order valence-electron chi connectivity index (χ4n) is 2.71. The maximum Gasteiger partial charge on any atom is 0.420 e. The highest BCUT2D eigenvalue weighted by molar-refractivity contribution is 7.15. The Bertz CT molecular complexity index is 900. The number of aryl methyl sites for hydroxylation is 2. The molecule has 2 heterocycles. The third-order valence-electron chi connectivity index (χ3n) is 3.72. The molecule has 0 unspecified atom stereocenters. The van der Waals surface area contributed by atoms with Gasteiger partial charge in [0.25, 0.3) is 0 Å². The molecule has 6 nitrogen and oxygen atoms in total. The Balaban J connectivity index is 1.55. The van der Waals surface area contributed by atoms with E-state index in [1.165, 1.54) is 20.8 Å². The Labute approximate surface area is 129 Å². The number of thiazole rings is 1. The van der Waals surface area contributed by atoms with Crippen LogP contribution in [0.2, 0.25) is 0 Å². The summed E-state index contributed by atoms with van der Waals surface area (Å²) >= 11 is 1.52. The number of hydrogen-bond acceptors (Lipinski definition) is 5. The zero-order valence-electron chi connectivity index (χ0n) is 11.7. The molecule has 0 aliphatic heterocycles. The molecule has 0 bridgehead atoms. The number of benzene rings is 1. The molecular formula is C15H13N3O3S. The van der Waals surface area contributed by atoms with Crippen LogP contribution in [0.15, 0.2) is 33.5 Å². The zero-order valence-corrected chi connectivity index (χ0v) is 12.5. The summed E-state index contributed by atoms with van der Waals surface area (Å²) in [5.74, 6) is -0.806. The first-order chi connectivity index (χ1) is 10.7. The Morgan fingerprint density at radius 2 is 2.23 bits per heavy atom. The van der Waals surface area contributed by atoms with E-state index in [1.807, 2.05) is 0 Å². The van der Waals surface area contributed by atoms with E-state index >= 15 is 0 Å². The van der Waals surface area contributed by atoms with E-state index in [4.69, 9.17) is 4.42 Å². The Hall–Kier alpha value is -2.41. The van der Waals surface area contributed by atoms with Crippen molar-refractivity contribution in [3.63, 3.8) is 0 Å². The molecule has 1 aliphatic carbocycles. The second-order valence-electron chi connectivity index (χ2n) is 5.21. The van der Waals surface area contributed by atoms with Crippen LogP contribution in [-0.2, 0) is 24.2 Å². The van der Waals surface area contributed by atoms with E-state index in [-0.39, 0.29) is 12.5 Å². The highest BCUT2D eigenvalue weighted by Crippen LogP contribution is 2.30. The number of anilines is 1. The number of nitrogens with zero attached hydrogens (tertiary/aromatic N) is 2. The van der Waals surface area contributed by atoms with E-state index in [9.17, 15) is 9.59 Å². The van der Waals surface area contributed by atoms with Crippen molar-refractivity contribution in [2.24, 2.45) is 0 Å². The van der Waals surface area contributed by atoms with Crippen LogP contribution in [0.1, 0.15) is 17.0 Å². The number of aromatic nitrogens is 2. The zero-order chi connectivity index (χ0) is 15.1. The fraction of sp³-hybridized carbons (Fsp3) is 0.267. The third-order valence-corrected chi connectivity index (χ3v) is 4.79. The van der Waals surface area contributed by atoms with Gasteiger partial charge in [-0.1, -0.05) is 12.1 Å². The molecule has 4 rings (SSSR count). The van der Waals surface area contributed by atoms with Crippen LogP contribution in [0.25, 0.3) is 11.1 Å². The average molecular weight is 315 g/mol. The van der Waals surface area contributed by atoms with Crippen LogP contribution < -0.4 is 11.1 Å². The van der Waals surface area contributed by atoms with Crippen molar-refractivity contribution in [1.29, 1.82) is 0 Å². The van der Waals surface area contributed by atoms with Crippen LogP contribution in [-0.4, -0.2) is 15.5 Å². The fourth-order valence-corrected chi connectivity index (χ4v) is 3.78. The summed E-state index contributed by atoms with van der Waals surface area (Å²) < 4.78 is 6.44. The predicted molar refractivity (Wildman–Crippen MR) is 83.2 cm³/mol. The van der Waals surface area contributed by atoms with Crippen LogP contribution in [0, 0.1) is 0 Å². The lowest BCUT2D eigenvalue weighted by atomic mass is 10.3. The van der Waals surface area contributed by atoms with E-state index < -0.39 is 5.76 Å². The van der Waals surface area contributed by atoms with Crippen LogP contribution >= 0.6 is 11.3 Å². The van der Waals surface area contributed by atoms with Gasteiger partial charge >= 0.3 is 5.76 Å². The molecule has 0 atom stereocenters. The van der Waals surface area contributed by atoms with Crippen molar-refractivity contribution in [3.8, 4) is 0 Å². The van der Waals surface area contributed by atoms with Gasteiger partial charge in [-0.3, -0.25) is 9.36 Å². The predicted octanol–water partition coefficient (Wildman–Crippen LogP) is 2.18. The van der Waals surface area contributed by atoms with E-state index in [0.717, 1.165) is 25.0 Å². The van der Waals surface area contributed by atoms with Gasteiger partial charge in [-0.2, -0.15) is 0 Å². The van der Waals surface area contributed by atoms with E-state index in [1.54, 1.807) is 24.3 Å². The molecule has 2 aromatic heterocycles. The standard InChI is InChI=1S/C15H13N3O3S/c19-13(17-14-16-9-4-3-7-12(9)22-14)8-18-10-5-1-2-6-11(10)21-15(18)20/h1-2,5-6H,3-4,7-8H2,(H,16,17,19). The minimum absolute atomic E-state index is 0.0832. The van der Waals surface area contributed by atoms with Gasteiger partial charge in [0.1, 0.15) is 6.54 Å². The number of rotatable bonds is 3. The van der Waals surface area contributed by atoms with Gasteiger partial charge in [0.05, 0.1) is 11.2 Å². The summed E-state index contributed by atoms with van der Waals surface area (Å²) in [5.41, 5.74) is 2.18. The SMILES string of the molecule is O=C(Cn1c(=O)oc2ccccc21)Nc1nc2c(s1)CCC2. The minimum Gasteiger partial charge on any atom is -0.408 e. The first kappa shape index (κ1) is 13.3. The highest BCUT2D eigenvalue weighted by atomic mass is 32.1. The molecule has 7 heteroatoms. The topological polar surface area (TPSA) is 77.1 Å². The summed E-state index contributed by atoms with van der Waals surface area (Å²) in [6, 6.07) is 7.05. The Morgan fingerprint density at radius 3 is 3.09 bits per heavy atom. The van der Waals surface area contributed by atoms with Gasteiger partial charge in [-0.05, 0) is 31.4 Å². The van der Waals surface area contributed by atoms with Crippen molar-refractivity contribution in [1.82, 2.24) is 9.55 Å². The third kappa shape index (κ3) is 2.23. The number of amides is 1. The van der Waals surface area contributed by atoms with Gasteiger partial charge in [0, 0.05) is 4.88 Å². The van der Waals surface area contributed by atoms with Gasteiger partial charge in [-0.15, -0.1) is 11.3 Å². The lowest BCUT2D eigenvalue weighted by Crippen LogP contribution is -2.24. The summed E-state index contributed by atoms with van der Waals surface area (Å²) in [7, 11) is 0. The number of nitrogens with one attached hydrogen (secondary N) is 1. The van der Waals surface area contributed by atoms with Crippen molar-refractivity contribution in [2.45, 2.75) is 25.8 Å². The smallest absolute Gasteiger partial charge is 0.408 e. The van der Waals surface area contributed by atoms with Gasteiger partial charge in [-0.25, -0.2) is 9.78 Å². The number of carbonyl (C=O) groups is 1. The lowest BCUT2D eigenvalue weighted by Gasteiger charge is -2.02. The van der Waals surface area contributed by atoms with Crippen molar-refractivity contribution < 1.29 is 9.21 Å². The summed E-state index contributed by atoms with van der Waals surface area (Å²) in [6.45, 7) is -0.0832. The largest absolute Gasteiger partial charge is 0.420 e. The quantitative estimate of drug-likeness (QED) is 0.803. The molecule has 0 spiro atoms. The first-order valence-electron chi connectivity index (χ1n) is 7.07. The molecule has 0 saturated heterocycles. The summed E-state index contributed by atoms with van der Waals surface area (Å²) in [6.07, 6.45) is 3.15. The minimum atomic E-state index is -0.530. The van der Waals surface area contributed by atoms with Crippen molar-refractivity contribution >= 4 is 33.5 Å². The molecule has 0 saturated carbocycles. The lowest BCUT2D eigenvalue weighted by molar-refractivity contribution is -0.116. The molecular weight excluding hydrogens is 302 g/mol. The second kappa shape index (κ2) is 5.10. The van der Waals surface area contributed by atoms with Crippen LogP contribution in [0.5, 0.6) is 0 Å². The summed E-state index contributed by atoms with van der Waals surface area (Å²) in [4.78, 5) is 29.7. The normalized spacial score (nSPS) is 13.5. The Morgan fingerprint density at radius 1 is 1.36 bits per heavy atom. The van der Waals surface area contributed by atoms with Gasteiger partial charge in [0.2, 0.25) is 5.91 Å². The average Bonchev–Trinajstić information content (AvgIpc) is 3.13. The maximum atomic E-state index is 12.2. The monoisotopic (exact) mass is 315 g/mol. The molecule has 22 heavy (non-hydrogen) atoms. The first-order valence-corrected chi connectivity index (χ1v) is 7.89. The molecule has 3 aromatic rings. The van der Waals surface area contributed by atoms with Gasteiger partial charge < -0.3 is 9.73 Å². The molecule has 1 N–H and O–H groups in total. The molecule has 0 fully saturated rings. The second-order valence-corrected chi connectivity index (χ2v) is 6.30. The molecule has 0 radical (unpaired) electrons. The number of para-hydroxylation sites is 2. The molecule has 1 amide bonds. The van der Waals surface area contributed by atoms with E-state index in [0.29, 0.717) is 16.2 Å². The number of hydrogen-bond donors (Lipinski definition) is 1. The van der Waals surface area contributed by atoms with E-state index in [2.05, 4.69) is 10.3 Å². The summed E-state index contributed by atoms with van der Waals surface area (Å²) in [5, 5.41) is 3.38. The van der Waals surface area contributed by atoms with Crippen LogP contribution in [0.3, 0.4) is 0 Å². The molecule has 1 aromatic carbocycles. The number of oxazole rings is 1. The number of fused-ring (bicyclic) bond motifs is 2. The van der Waals surface area contributed by atoms with Crippen LogP contribution in [0.4, 0.5) is 5.13 Å². The van der Waals surface area contributed by atoms with Crippen molar-refractivity contribution in [2.75, 3.05) is 5.32 Å². The molecule has 1 aliphatic rings. The van der Waals surface area contributed by atoms with Crippen molar-refractivity contribution in [3.05, 3.63) is 45.4 Å². The molecule has 112 valence electrons. The Kier molecular flexibility index (Phi) is 3.07. The number of carbonyl (C=O) groups excluding carboxylic acids is 1. The highest BCUT2D eigenvalue weighted by Gasteiger charge is 2.18. The maximum absolute atomic E-state index is 12.2. The van der Waals surface area contributed by atoms with Gasteiger partial charge in [0.15, 0.2) is 10.7 Å².